The molecule has 1 N–H and O–H groups in total. The Balaban J connectivity index is 2.19. The van der Waals surface area contributed by atoms with Crippen LogP contribution in [0.2, 0.25) is 0 Å². The lowest BCUT2D eigenvalue weighted by Crippen LogP contribution is -2.30. The minimum Gasteiger partial charge on any atom is -0.302 e. The van der Waals surface area contributed by atoms with E-state index >= 15 is 0 Å². The molecular formula is C15H19N3. The zero-order chi connectivity index (χ0) is 13.1. The van der Waals surface area contributed by atoms with Crippen molar-refractivity contribution >= 4 is 0 Å². The summed E-state index contributed by atoms with van der Waals surface area (Å²) in [5.74, 6) is 0. The van der Waals surface area contributed by atoms with E-state index in [4.69, 9.17) is 10.5 Å². The highest BCUT2D eigenvalue weighted by Gasteiger charge is 2.06. The van der Waals surface area contributed by atoms with Crippen LogP contribution >= 0.6 is 0 Å². The van der Waals surface area contributed by atoms with Crippen LogP contribution in [0.25, 0.3) is 0 Å². The van der Waals surface area contributed by atoms with Crippen molar-refractivity contribution in [1.29, 1.82) is 10.5 Å². The van der Waals surface area contributed by atoms with Crippen LogP contribution in [0.3, 0.4) is 0 Å². The van der Waals surface area contributed by atoms with Crippen LogP contribution in [0.5, 0.6) is 0 Å². The van der Waals surface area contributed by atoms with Gasteiger partial charge in [0, 0.05) is 12.8 Å². The van der Waals surface area contributed by atoms with Gasteiger partial charge in [0.25, 0.3) is 0 Å². The molecule has 1 aromatic rings. The molecule has 18 heavy (non-hydrogen) atoms. The molecule has 0 fully saturated rings. The van der Waals surface area contributed by atoms with Crippen molar-refractivity contribution in [1.82, 2.24) is 5.32 Å². The van der Waals surface area contributed by atoms with E-state index in [1.165, 1.54) is 5.56 Å². The second kappa shape index (κ2) is 9.22. The molecule has 3 heteroatoms. The Morgan fingerprint density at radius 2 is 1.83 bits per heavy atom. The number of nitrogens with zero attached hydrogens (tertiary/aromatic N) is 2. The molecule has 0 radical (unpaired) electrons. The highest BCUT2D eigenvalue weighted by Crippen LogP contribution is 2.03. The van der Waals surface area contributed by atoms with Crippen LogP contribution in [0, 0.1) is 22.7 Å². The lowest BCUT2D eigenvalue weighted by atomic mass is 10.1. The molecule has 0 aliphatic rings. The lowest BCUT2D eigenvalue weighted by molar-refractivity contribution is 0.558. The Bertz CT molecular complexity index is 400. The fraction of sp³-hybridized carbons (Fsp3) is 0.467. The average Bonchev–Trinajstić information content (AvgIpc) is 2.42. The summed E-state index contributed by atoms with van der Waals surface area (Å²) in [6.07, 6.45) is 4.40. The van der Waals surface area contributed by atoms with E-state index in [1.807, 2.05) is 30.3 Å². The van der Waals surface area contributed by atoms with E-state index in [-0.39, 0.29) is 6.04 Å². The zero-order valence-electron chi connectivity index (χ0n) is 10.6. The van der Waals surface area contributed by atoms with Gasteiger partial charge in [-0.15, -0.1) is 0 Å². The quantitative estimate of drug-likeness (QED) is 0.712. The monoisotopic (exact) mass is 241 g/mol. The Labute approximate surface area is 109 Å². The first-order valence-electron chi connectivity index (χ1n) is 6.40. The molecule has 0 aromatic heterocycles. The molecule has 0 saturated heterocycles. The molecule has 0 spiro atoms. The van der Waals surface area contributed by atoms with Gasteiger partial charge in [-0.1, -0.05) is 36.8 Å². The van der Waals surface area contributed by atoms with Crippen LogP contribution in [0.15, 0.2) is 30.3 Å². The van der Waals surface area contributed by atoms with E-state index in [0.29, 0.717) is 6.42 Å². The first kappa shape index (κ1) is 14.2. The number of hydrogen-bond donors (Lipinski definition) is 1. The first-order valence-corrected chi connectivity index (χ1v) is 6.40. The molecule has 1 atom stereocenters. The molecule has 3 nitrogen and oxygen atoms in total. The van der Waals surface area contributed by atoms with Gasteiger partial charge in [-0.05, 0) is 24.9 Å². The van der Waals surface area contributed by atoms with Crippen LogP contribution < -0.4 is 5.32 Å². The number of benzene rings is 1. The molecule has 1 rings (SSSR count). The van der Waals surface area contributed by atoms with Gasteiger partial charge in [0.1, 0.15) is 0 Å². The maximum atomic E-state index is 9.07. The molecule has 0 heterocycles. The fourth-order valence-electron chi connectivity index (χ4n) is 1.80. The molecule has 1 aromatic carbocycles. The zero-order valence-corrected chi connectivity index (χ0v) is 10.6. The number of hydrogen-bond acceptors (Lipinski definition) is 3. The van der Waals surface area contributed by atoms with Gasteiger partial charge in [-0.2, -0.15) is 10.5 Å². The van der Waals surface area contributed by atoms with Gasteiger partial charge in [-0.25, -0.2) is 0 Å². The van der Waals surface area contributed by atoms with E-state index < -0.39 is 0 Å². The van der Waals surface area contributed by atoms with Crippen molar-refractivity contribution in [3.05, 3.63) is 35.9 Å². The van der Waals surface area contributed by atoms with E-state index in [2.05, 4.69) is 17.5 Å². The van der Waals surface area contributed by atoms with Crippen molar-refractivity contribution in [3.63, 3.8) is 0 Å². The second-order valence-corrected chi connectivity index (χ2v) is 4.29. The molecule has 0 amide bonds. The minimum absolute atomic E-state index is 0.122. The van der Waals surface area contributed by atoms with Gasteiger partial charge in [0.2, 0.25) is 0 Å². The summed E-state index contributed by atoms with van der Waals surface area (Å²) in [4.78, 5) is 0. The average molecular weight is 241 g/mol. The Kier molecular flexibility index (Phi) is 7.28. The summed E-state index contributed by atoms with van der Waals surface area (Å²) >= 11 is 0. The van der Waals surface area contributed by atoms with Gasteiger partial charge in [0.05, 0.1) is 18.2 Å². The van der Waals surface area contributed by atoms with Crippen LogP contribution in [-0.4, -0.2) is 12.6 Å². The number of nitriles is 2. The predicted molar refractivity (Wildman–Crippen MR) is 71.6 cm³/mol. The Morgan fingerprint density at radius 1 is 1.06 bits per heavy atom. The van der Waals surface area contributed by atoms with E-state index in [0.717, 1.165) is 32.2 Å². The van der Waals surface area contributed by atoms with Crippen molar-refractivity contribution < 1.29 is 0 Å². The highest BCUT2D eigenvalue weighted by atomic mass is 14.9. The number of unbranched alkanes of at least 4 members (excludes halogenated alkanes) is 3. The first-order chi connectivity index (χ1) is 8.86. The Morgan fingerprint density at radius 3 is 2.50 bits per heavy atom. The van der Waals surface area contributed by atoms with E-state index in [9.17, 15) is 0 Å². The van der Waals surface area contributed by atoms with Crippen LogP contribution in [0.4, 0.5) is 0 Å². The maximum Gasteiger partial charge on any atom is 0.0993 e. The highest BCUT2D eigenvalue weighted by molar-refractivity contribution is 5.17. The number of nitrogens with one attached hydrogen (secondary N) is 1. The smallest absolute Gasteiger partial charge is 0.0993 e. The van der Waals surface area contributed by atoms with Crippen molar-refractivity contribution in [2.75, 3.05) is 6.54 Å². The molecule has 0 saturated carbocycles. The SMILES string of the molecule is N#CCCCCCNC(C#N)Cc1ccccc1. The van der Waals surface area contributed by atoms with Gasteiger partial charge in [-0.3, -0.25) is 0 Å². The standard InChI is InChI=1S/C15H19N3/c16-10-6-1-2-7-11-18-15(13-17)12-14-8-4-3-5-9-14/h3-5,8-9,15,18H,1-2,6-7,11-12H2. The normalized spacial score (nSPS) is 11.4. The largest absolute Gasteiger partial charge is 0.302 e. The lowest BCUT2D eigenvalue weighted by Gasteiger charge is -2.11. The van der Waals surface area contributed by atoms with Gasteiger partial charge < -0.3 is 5.32 Å². The van der Waals surface area contributed by atoms with Gasteiger partial charge in [0.15, 0.2) is 0 Å². The van der Waals surface area contributed by atoms with Crippen LogP contribution in [-0.2, 0) is 6.42 Å². The molecule has 1 unspecified atom stereocenters. The molecule has 0 bridgehead atoms. The third-order valence-electron chi connectivity index (χ3n) is 2.79. The second-order valence-electron chi connectivity index (χ2n) is 4.29. The molecule has 94 valence electrons. The summed E-state index contributed by atoms with van der Waals surface area (Å²) in [6, 6.07) is 14.4. The summed E-state index contributed by atoms with van der Waals surface area (Å²) in [5, 5.41) is 20.7. The number of rotatable bonds is 8. The fourth-order valence-corrected chi connectivity index (χ4v) is 1.80. The van der Waals surface area contributed by atoms with E-state index in [1.54, 1.807) is 0 Å². The third-order valence-corrected chi connectivity index (χ3v) is 2.79. The summed E-state index contributed by atoms with van der Waals surface area (Å²) in [7, 11) is 0. The van der Waals surface area contributed by atoms with Gasteiger partial charge >= 0.3 is 0 Å². The topological polar surface area (TPSA) is 59.6 Å². The summed E-state index contributed by atoms with van der Waals surface area (Å²) in [5.41, 5.74) is 1.18. The maximum absolute atomic E-state index is 9.07. The Hall–Kier alpha value is -1.84. The van der Waals surface area contributed by atoms with Crippen molar-refractivity contribution in [2.24, 2.45) is 0 Å². The molecular weight excluding hydrogens is 222 g/mol. The van der Waals surface area contributed by atoms with Crippen molar-refractivity contribution in [3.8, 4) is 12.1 Å². The predicted octanol–water partition coefficient (Wildman–Crippen LogP) is 2.79. The van der Waals surface area contributed by atoms with Crippen LogP contribution in [0.1, 0.15) is 31.2 Å². The summed E-state index contributed by atoms with van der Waals surface area (Å²) in [6.45, 7) is 0.844. The molecule has 0 aliphatic heterocycles. The minimum atomic E-state index is -0.122. The molecule has 0 aliphatic carbocycles. The summed E-state index contributed by atoms with van der Waals surface area (Å²) < 4.78 is 0. The van der Waals surface area contributed by atoms with Crippen molar-refractivity contribution in [2.45, 2.75) is 38.1 Å². The third kappa shape index (κ3) is 6.03.